The Bertz CT molecular complexity index is 566. The van der Waals surface area contributed by atoms with E-state index in [4.69, 9.17) is 4.18 Å². The Labute approximate surface area is 134 Å². The topological polar surface area (TPSA) is 46.6 Å². The SMILES string of the molecule is Cc1ccc(S(=O)(=O)O[C@@H]2CCCCCC[C@H]2N(C)C)cc1. The number of rotatable bonds is 4. The smallest absolute Gasteiger partial charge is 0.297 e. The van der Waals surface area contributed by atoms with Gasteiger partial charge in [-0.1, -0.05) is 43.4 Å². The number of benzene rings is 1. The Morgan fingerprint density at radius 3 is 2.18 bits per heavy atom. The molecule has 0 heterocycles. The van der Waals surface area contributed by atoms with Crippen molar-refractivity contribution < 1.29 is 12.6 Å². The van der Waals surface area contributed by atoms with Crippen LogP contribution < -0.4 is 0 Å². The van der Waals surface area contributed by atoms with Gasteiger partial charge in [-0.2, -0.15) is 8.42 Å². The first-order chi connectivity index (χ1) is 10.4. The predicted molar refractivity (Wildman–Crippen MR) is 88.4 cm³/mol. The summed E-state index contributed by atoms with van der Waals surface area (Å²) in [6.07, 6.45) is 6.06. The molecule has 0 aromatic heterocycles. The molecule has 22 heavy (non-hydrogen) atoms. The first kappa shape index (κ1) is 17.4. The molecule has 0 unspecified atom stereocenters. The van der Waals surface area contributed by atoms with E-state index in [1.165, 1.54) is 6.42 Å². The maximum absolute atomic E-state index is 12.5. The lowest BCUT2D eigenvalue weighted by atomic mass is 9.94. The molecule has 0 spiro atoms. The fourth-order valence-corrected chi connectivity index (χ4v) is 4.19. The molecule has 4 nitrogen and oxygen atoms in total. The zero-order valence-electron chi connectivity index (χ0n) is 13.8. The van der Waals surface area contributed by atoms with Crippen LogP contribution in [-0.4, -0.2) is 39.6 Å². The van der Waals surface area contributed by atoms with E-state index in [2.05, 4.69) is 4.90 Å². The minimum Gasteiger partial charge on any atom is -0.304 e. The summed E-state index contributed by atoms with van der Waals surface area (Å²) in [5, 5.41) is 0. The summed E-state index contributed by atoms with van der Waals surface area (Å²) in [5.74, 6) is 0. The molecule has 0 aliphatic heterocycles. The molecule has 0 bridgehead atoms. The van der Waals surface area contributed by atoms with E-state index in [1.54, 1.807) is 24.3 Å². The summed E-state index contributed by atoms with van der Waals surface area (Å²) in [4.78, 5) is 2.35. The third-order valence-corrected chi connectivity index (χ3v) is 5.74. The van der Waals surface area contributed by atoms with Gasteiger partial charge in [0.25, 0.3) is 10.1 Å². The molecule has 1 aliphatic carbocycles. The van der Waals surface area contributed by atoms with Crippen molar-refractivity contribution in [2.45, 2.75) is 62.5 Å². The largest absolute Gasteiger partial charge is 0.304 e. The summed E-state index contributed by atoms with van der Waals surface area (Å²) in [5.41, 5.74) is 1.04. The van der Waals surface area contributed by atoms with Gasteiger partial charge in [-0.05, 0) is 46.0 Å². The van der Waals surface area contributed by atoms with E-state index < -0.39 is 10.1 Å². The lowest BCUT2D eigenvalue weighted by Crippen LogP contribution is -2.42. The van der Waals surface area contributed by atoms with Crippen molar-refractivity contribution in [3.8, 4) is 0 Å². The molecule has 5 heteroatoms. The maximum Gasteiger partial charge on any atom is 0.297 e. The van der Waals surface area contributed by atoms with E-state index >= 15 is 0 Å². The third kappa shape index (κ3) is 4.54. The Hall–Kier alpha value is -0.910. The molecule has 1 aromatic rings. The minimum atomic E-state index is -3.70. The maximum atomic E-state index is 12.5. The van der Waals surface area contributed by atoms with Gasteiger partial charge in [-0.15, -0.1) is 0 Å². The predicted octanol–water partition coefficient (Wildman–Crippen LogP) is 3.35. The van der Waals surface area contributed by atoms with Crippen LogP contribution in [0.2, 0.25) is 0 Å². The highest BCUT2D eigenvalue weighted by atomic mass is 32.2. The van der Waals surface area contributed by atoms with Crippen LogP contribution >= 0.6 is 0 Å². The Morgan fingerprint density at radius 1 is 1.00 bits per heavy atom. The van der Waals surface area contributed by atoms with Crippen LogP contribution in [-0.2, 0) is 14.3 Å². The molecule has 124 valence electrons. The summed E-state index contributed by atoms with van der Waals surface area (Å²) in [6.45, 7) is 1.94. The van der Waals surface area contributed by atoms with E-state index in [0.717, 1.165) is 37.7 Å². The number of hydrogen-bond donors (Lipinski definition) is 0. The molecule has 0 saturated heterocycles. The second-order valence-corrected chi connectivity index (χ2v) is 8.00. The van der Waals surface area contributed by atoms with Gasteiger partial charge in [0.15, 0.2) is 0 Å². The molecule has 0 amide bonds. The van der Waals surface area contributed by atoms with Crippen molar-refractivity contribution in [2.24, 2.45) is 0 Å². The lowest BCUT2D eigenvalue weighted by molar-refractivity contribution is 0.0801. The minimum absolute atomic E-state index is 0.153. The molecule has 2 rings (SSSR count). The second kappa shape index (κ2) is 7.57. The molecule has 1 aliphatic rings. The fraction of sp³-hybridized carbons (Fsp3) is 0.647. The quantitative estimate of drug-likeness (QED) is 0.797. The lowest BCUT2D eigenvalue weighted by Gasteiger charge is -2.33. The number of aryl methyl sites for hydroxylation is 1. The van der Waals surface area contributed by atoms with E-state index in [0.29, 0.717) is 0 Å². The van der Waals surface area contributed by atoms with Crippen molar-refractivity contribution in [3.63, 3.8) is 0 Å². The molecular formula is C17H27NO3S. The highest BCUT2D eigenvalue weighted by Crippen LogP contribution is 2.26. The van der Waals surface area contributed by atoms with Crippen molar-refractivity contribution in [1.82, 2.24) is 4.90 Å². The van der Waals surface area contributed by atoms with Gasteiger partial charge >= 0.3 is 0 Å². The third-order valence-electron chi connectivity index (χ3n) is 4.39. The molecule has 2 atom stereocenters. The number of nitrogens with zero attached hydrogens (tertiary/aromatic N) is 1. The highest BCUT2D eigenvalue weighted by molar-refractivity contribution is 7.86. The van der Waals surface area contributed by atoms with Gasteiger partial charge in [-0.25, -0.2) is 0 Å². The first-order valence-electron chi connectivity index (χ1n) is 8.06. The van der Waals surface area contributed by atoms with Gasteiger partial charge in [-0.3, -0.25) is 4.18 Å². The highest BCUT2D eigenvalue weighted by Gasteiger charge is 2.30. The normalized spacial score (nSPS) is 24.0. The van der Waals surface area contributed by atoms with Crippen LogP contribution in [0.25, 0.3) is 0 Å². The Balaban J connectivity index is 2.18. The van der Waals surface area contributed by atoms with Crippen LogP contribution in [0.1, 0.15) is 44.1 Å². The average Bonchev–Trinajstić information content (AvgIpc) is 2.42. The Kier molecular flexibility index (Phi) is 6.01. The van der Waals surface area contributed by atoms with Crippen LogP contribution in [0.4, 0.5) is 0 Å². The van der Waals surface area contributed by atoms with Crippen molar-refractivity contribution in [1.29, 1.82) is 0 Å². The summed E-state index contributed by atoms with van der Waals surface area (Å²) >= 11 is 0. The van der Waals surface area contributed by atoms with Gasteiger partial charge in [0.1, 0.15) is 0 Å². The molecule has 0 N–H and O–H groups in total. The summed E-state index contributed by atoms with van der Waals surface area (Å²) in [6, 6.07) is 7.01. The summed E-state index contributed by atoms with van der Waals surface area (Å²) in [7, 11) is 0.304. The van der Waals surface area contributed by atoms with E-state index in [-0.39, 0.29) is 17.0 Å². The average molecular weight is 325 g/mol. The van der Waals surface area contributed by atoms with E-state index in [9.17, 15) is 8.42 Å². The number of likely N-dealkylation sites (N-methyl/N-ethyl adjacent to an activating group) is 1. The van der Waals surface area contributed by atoms with Crippen LogP contribution in [0.5, 0.6) is 0 Å². The Morgan fingerprint density at radius 2 is 1.59 bits per heavy atom. The molecule has 1 aromatic carbocycles. The molecule has 1 fully saturated rings. The second-order valence-electron chi connectivity index (χ2n) is 6.42. The zero-order valence-corrected chi connectivity index (χ0v) is 14.6. The van der Waals surface area contributed by atoms with Crippen molar-refractivity contribution in [3.05, 3.63) is 29.8 Å². The van der Waals surface area contributed by atoms with Gasteiger partial charge < -0.3 is 4.90 Å². The molecule has 0 radical (unpaired) electrons. The molecular weight excluding hydrogens is 298 g/mol. The zero-order chi connectivity index (χ0) is 16.2. The van der Waals surface area contributed by atoms with Gasteiger partial charge in [0, 0.05) is 6.04 Å². The van der Waals surface area contributed by atoms with Gasteiger partial charge in [0.2, 0.25) is 0 Å². The number of hydrogen-bond acceptors (Lipinski definition) is 4. The van der Waals surface area contributed by atoms with Crippen LogP contribution in [0.15, 0.2) is 29.2 Å². The fourth-order valence-electron chi connectivity index (χ4n) is 3.06. The van der Waals surface area contributed by atoms with Crippen molar-refractivity contribution >= 4 is 10.1 Å². The van der Waals surface area contributed by atoms with Crippen LogP contribution in [0.3, 0.4) is 0 Å². The van der Waals surface area contributed by atoms with Crippen LogP contribution in [0, 0.1) is 6.92 Å². The molecule has 1 saturated carbocycles. The standard InChI is InChI=1S/C17H27NO3S/c1-14-10-12-15(13-11-14)22(19,20)21-17-9-7-5-4-6-8-16(17)18(2)3/h10-13,16-17H,4-9H2,1-3H3/t16-,17-/m1/s1. The monoisotopic (exact) mass is 325 g/mol. The van der Waals surface area contributed by atoms with Crippen molar-refractivity contribution in [2.75, 3.05) is 14.1 Å². The van der Waals surface area contributed by atoms with E-state index in [1.807, 2.05) is 21.0 Å². The van der Waals surface area contributed by atoms with Gasteiger partial charge in [0.05, 0.1) is 11.0 Å². The first-order valence-corrected chi connectivity index (χ1v) is 9.47. The summed E-state index contributed by atoms with van der Waals surface area (Å²) < 4.78 is 30.7.